The lowest BCUT2D eigenvalue weighted by Crippen LogP contribution is -2.24. The maximum Gasteiger partial charge on any atom is 0.263 e. The number of benzene rings is 2. The third-order valence-electron chi connectivity index (χ3n) is 4.89. The summed E-state index contributed by atoms with van der Waals surface area (Å²) in [5, 5.41) is 3.37. The first-order valence-corrected chi connectivity index (χ1v) is 12.2. The van der Waals surface area contributed by atoms with Gasteiger partial charge >= 0.3 is 0 Å². The normalized spacial score (nSPS) is 13.5. The second-order valence-corrected chi connectivity index (χ2v) is 9.67. The van der Waals surface area contributed by atoms with Gasteiger partial charge in [0.25, 0.3) is 10.0 Å². The molecule has 1 aliphatic heterocycles. The maximum absolute atomic E-state index is 13.9. The SMILES string of the molecule is COc1cc(NS(=O)(=O)c2ccc3c(c2)CNCC3)nc(SCc2cccc(F)c2F)n1. The van der Waals surface area contributed by atoms with Crippen molar-refractivity contribution in [2.75, 3.05) is 18.4 Å². The van der Waals surface area contributed by atoms with Crippen molar-refractivity contribution < 1.29 is 21.9 Å². The molecule has 0 atom stereocenters. The number of nitrogens with one attached hydrogen (secondary N) is 2. The van der Waals surface area contributed by atoms with Gasteiger partial charge in [-0.2, -0.15) is 4.98 Å². The fourth-order valence-corrected chi connectivity index (χ4v) is 5.12. The van der Waals surface area contributed by atoms with E-state index in [0.717, 1.165) is 41.9 Å². The van der Waals surface area contributed by atoms with Crippen LogP contribution in [0.25, 0.3) is 0 Å². The second-order valence-electron chi connectivity index (χ2n) is 7.04. The molecule has 0 saturated carbocycles. The molecule has 0 amide bonds. The smallest absolute Gasteiger partial charge is 0.263 e. The lowest BCUT2D eigenvalue weighted by Gasteiger charge is -2.18. The highest BCUT2D eigenvalue weighted by molar-refractivity contribution is 7.98. The van der Waals surface area contributed by atoms with E-state index in [-0.39, 0.29) is 33.1 Å². The summed E-state index contributed by atoms with van der Waals surface area (Å²) in [6, 6.07) is 10.3. The number of nitrogens with zero attached hydrogens (tertiary/aromatic N) is 2. The minimum absolute atomic E-state index is 0.00918. The van der Waals surface area contributed by atoms with E-state index in [1.54, 1.807) is 12.1 Å². The summed E-state index contributed by atoms with van der Waals surface area (Å²) >= 11 is 1.03. The topological polar surface area (TPSA) is 93.2 Å². The third kappa shape index (κ3) is 5.00. The van der Waals surface area contributed by atoms with Crippen LogP contribution in [0.4, 0.5) is 14.6 Å². The number of methoxy groups -OCH3 is 1. The average Bonchev–Trinajstić information content (AvgIpc) is 2.79. The second kappa shape index (κ2) is 9.39. The lowest BCUT2D eigenvalue weighted by atomic mass is 10.0. The van der Waals surface area contributed by atoms with Crippen LogP contribution < -0.4 is 14.8 Å². The summed E-state index contributed by atoms with van der Waals surface area (Å²) in [5.41, 5.74) is 2.20. The van der Waals surface area contributed by atoms with Gasteiger partial charge in [0.15, 0.2) is 16.8 Å². The van der Waals surface area contributed by atoms with Crippen LogP contribution in [-0.4, -0.2) is 32.0 Å². The highest BCUT2D eigenvalue weighted by Crippen LogP contribution is 2.27. The largest absolute Gasteiger partial charge is 0.481 e. The van der Waals surface area contributed by atoms with Gasteiger partial charge in [0, 0.05) is 23.9 Å². The van der Waals surface area contributed by atoms with Crippen LogP contribution in [-0.2, 0) is 28.7 Å². The van der Waals surface area contributed by atoms with Gasteiger partial charge in [-0.3, -0.25) is 4.72 Å². The van der Waals surface area contributed by atoms with E-state index in [1.807, 2.05) is 6.07 Å². The number of fused-ring (bicyclic) bond motifs is 1. The fraction of sp³-hybridized carbons (Fsp3) is 0.238. The Morgan fingerprint density at radius 1 is 1.16 bits per heavy atom. The molecule has 11 heteroatoms. The Kier molecular flexibility index (Phi) is 6.58. The van der Waals surface area contributed by atoms with Crippen LogP contribution in [0.15, 0.2) is 52.5 Å². The van der Waals surface area contributed by atoms with Crippen LogP contribution in [0.5, 0.6) is 5.88 Å². The van der Waals surface area contributed by atoms with E-state index < -0.39 is 21.7 Å². The van der Waals surface area contributed by atoms with Crippen LogP contribution in [0, 0.1) is 11.6 Å². The zero-order valence-electron chi connectivity index (χ0n) is 17.1. The number of thioether (sulfide) groups is 1. The van der Waals surface area contributed by atoms with Gasteiger partial charge in [-0.05, 0) is 42.3 Å². The molecule has 4 rings (SSSR count). The molecule has 0 unspecified atom stereocenters. The molecule has 7 nitrogen and oxygen atoms in total. The van der Waals surface area contributed by atoms with Gasteiger partial charge in [-0.1, -0.05) is 30.0 Å². The summed E-state index contributed by atoms with van der Waals surface area (Å²) in [6.07, 6.45) is 0.846. The van der Waals surface area contributed by atoms with Crippen molar-refractivity contribution in [3.05, 3.63) is 70.8 Å². The number of sulfonamides is 1. The van der Waals surface area contributed by atoms with Crippen LogP contribution in [0.1, 0.15) is 16.7 Å². The molecule has 2 heterocycles. The van der Waals surface area contributed by atoms with Crippen LogP contribution in [0.3, 0.4) is 0 Å². The van der Waals surface area contributed by atoms with E-state index in [1.165, 1.54) is 25.3 Å². The number of anilines is 1. The highest BCUT2D eigenvalue weighted by Gasteiger charge is 2.20. The predicted molar refractivity (Wildman–Crippen MR) is 117 cm³/mol. The Morgan fingerprint density at radius 2 is 2.00 bits per heavy atom. The molecule has 1 aromatic heterocycles. The first-order valence-electron chi connectivity index (χ1n) is 9.70. The molecule has 0 bridgehead atoms. The zero-order valence-corrected chi connectivity index (χ0v) is 18.7. The Bertz CT molecular complexity index is 1260. The molecule has 3 aromatic rings. The van der Waals surface area contributed by atoms with E-state index >= 15 is 0 Å². The molecule has 1 aliphatic rings. The molecule has 2 aromatic carbocycles. The van der Waals surface area contributed by atoms with Crippen molar-refractivity contribution in [3.8, 4) is 5.88 Å². The minimum Gasteiger partial charge on any atom is -0.481 e. The maximum atomic E-state index is 13.9. The average molecular weight is 479 g/mol. The Morgan fingerprint density at radius 3 is 2.81 bits per heavy atom. The first-order chi connectivity index (χ1) is 15.4. The molecule has 0 fully saturated rings. The van der Waals surface area contributed by atoms with Gasteiger partial charge in [-0.25, -0.2) is 22.2 Å². The fourth-order valence-electron chi connectivity index (χ4n) is 3.25. The molecule has 0 saturated heterocycles. The van der Waals surface area contributed by atoms with Crippen molar-refractivity contribution in [2.45, 2.75) is 28.8 Å². The molecule has 0 aliphatic carbocycles. The number of rotatable bonds is 7. The number of hydrogen-bond donors (Lipinski definition) is 2. The Hall–Kier alpha value is -2.76. The molecule has 0 radical (unpaired) electrons. The minimum atomic E-state index is -3.91. The Labute approximate surface area is 188 Å². The van der Waals surface area contributed by atoms with Gasteiger partial charge in [0.1, 0.15) is 5.82 Å². The van der Waals surface area contributed by atoms with Gasteiger partial charge in [-0.15, -0.1) is 0 Å². The number of hydrogen-bond acceptors (Lipinski definition) is 7. The van der Waals surface area contributed by atoms with Crippen molar-refractivity contribution >= 4 is 27.6 Å². The highest BCUT2D eigenvalue weighted by atomic mass is 32.2. The van der Waals surface area contributed by atoms with E-state index in [4.69, 9.17) is 4.74 Å². The zero-order chi connectivity index (χ0) is 22.7. The molecular weight excluding hydrogens is 458 g/mol. The summed E-state index contributed by atoms with van der Waals surface area (Å²) in [5.74, 6) is -1.68. The van der Waals surface area contributed by atoms with Crippen molar-refractivity contribution in [1.29, 1.82) is 0 Å². The van der Waals surface area contributed by atoms with Crippen LogP contribution in [0.2, 0.25) is 0 Å². The van der Waals surface area contributed by atoms with E-state index in [2.05, 4.69) is 20.0 Å². The summed E-state index contributed by atoms with van der Waals surface area (Å²) in [6.45, 7) is 1.47. The van der Waals surface area contributed by atoms with Crippen molar-refractivity contribution in [1.82, 2.24) is 15.3 Å². The quantitative estimate of drug-likeness (QED) is 0.397. The number of aromatic nitrogens is 2. The number of halogens is 2. The van der Waals surface area contributed by atoms with Crippen molar-refractivity contribution in [3.63, 3.8) is 0 Å². The van der Waals surface area contributed by atoms with E-state index in [0.29, 0.717) is 6.54 Å². The number of ether oxygens (including phenoxy) is 1. The molecule has 32 heavy (non-hydrogen) atoms. The monoisotopic (exact) mass is 478 g/mol. The third-order valence-corrected chi connectivity index (χ3v) is 7.14. The summed E-state index contributed by atoms with van der Waals surface area (Å²) in [4.78, 5) is 8.47. The molecule has 2 N–H and O–H groups in total. The molecule has 0 spiro atoms. The molecule has 168 valence electrons. The van der Waals surface area contributed by atoms with Crippen molar-refractivity contribution in [2.24, 2.45) is 0 Å². The lowest BCUT2D eigenvalue weighted by molar-refractivity contribution is 0.393. The van der Waals surface area contributed by atoms with Gasteiger partial charge in [0.05, 0.1) is 12.0 Å². The van der Waals surface area contributed by atoms with Gasteiger partial charge in [0.2, 0.25) is 5.88 Å². The Balaban J connectivity index is 1.56. The molecular formula is C21H20F2N4O3S2. The summed E-state index contributed by atoms with van der Waals surface area (Å²) in [7, 11) is -2.52. The van der Waals surface area contributed by atoms with E-state index in [9.17, 15) is 17.2 Å². The predicted octanol–water partition coefficient (Wildman–Crippen LogP) is 3.50. The van der Waals surface area contributed by atoms with Gasteiger partial charge < -0.3 is 10.1 Å². The standard InChI is InChI=1S/C21H20F2N4O3S2/c1-30-19-10-18(25-21(26-19)31-12-14-3-2-4-17(22)20(14)23)27-32(28,29)16-6-5-13-7-8-24-11-15(13)9-16/h2-6,9-10,24H,7-8,11-12H2,1H3,(H,25,26,27). The first kappa shape index (κ1) is 22.4. The van der Waals surface area contributed by atoms with Crippen LogP contribution >= 0.6 is 11.8 Å². The summed E-state index contributed by atoms with van der Waals surface area (Å²) < 4.78 is 60.8.